The Morgan fingerprint density at radius 2 is 1.37 bits per heavy atom. The number of carboxylic acids is 1. The minimum Gasteiger partial charge on any atom is -0.505 e. The lowest BCUT2D eigenvalue weighted by Crippen LogP contribution is -2.17. The molecule has 4 N–H and O–H groups in total. The second-order valence-electron chi connectivity index (χ2n) is 12.3. The molecule has 0 fully saturated rings. The molecule has 0 atom stereocenters. The summed E-state index contributed by atoms with van der Waals surface area (Å²) in [5.41, 5.74) is 1.39. The second-order valence-corrected chi connectivity index (χ2v) is 12.3. The fourth-order valence-electron chi connectivity index (χ4n) is 7.05. The summed E-state index contributed by atoms with van der Waals surface area (Å²) in [5.74, 6) is -1.22. The predicted octanol–water partition coefficient (Wildman–Crippen LogP) is 5.10. The Hall–Kier alpha value is -5.36. The van der Waals surface area contributed by atoms with Gasteiger partial charge in [0.05, 0.1) is 37.8 Å². The van der Waals surface area contributed by atoms with E-state index < -0.39 is 22.6 Å². The first-order valence-corrected chi connectivity index (χ1v) is 15.8. The molecule has 258 valence electrons. The minimum absolute atomic E-state index is 0.00887. The highest BCUT2D eigenvalue weighted by Crippen LogP contribution is 2.57. The number of carboxylic acid groups (broad SMARTS) is 1. The number of Topliss-reactive ketones (excluding diaryl/α,β-unsaturated/α-hetero) is 1. The number of nitrogens with one attached hydrogen (secondary N) is 1. The van der Waals surface area contributed by atoms with Gasteiger partial charge in [-0.25, -0.2) is 0 Å². The number of methoxy groups -OCH3 is 3. The van der Waals surface area contributed by atoms with E-state index in [-0.39, 0.29) is 52.4 Å². The van der Waals surface area contributed by atoms with Crippen molar-refractivity contribution in [2.45, 2.75) is 40.0 Å². The molecule has 6 rings (SSSR count). The largest absolute Gasteiger partial charge is 0.505 e. The molecule has 0 amide bonds. The van der Waals surface area contributed by atoms with Gasteiger partial charge in [0.15, 0.2) is 33.9 Å². The van der Waals surface area contributed by atoms with E-state index in [4.69, 9.17) is 19.3 Å². The molecule has 12 heteroatoms. The van der Waals surface area contributed by atoms with Crippen molar-refractivity contribution in [1.82, 2.24) is 4.90 Å². The molecule has 0 bridgehead atoms. The van der Waals surface area contributed by atoms with Gasteiger partial charge in [0.25, 0.3) is 0 Å². The molecule has 0 radical (unpaired) electrons. The SMILES string of the molecule is CCC(=O)O.COc1c(O)c2c(=O)cc(OC)c3c4c(OC)cc(=O)c5c(O)c(NCCCN(C)C)c6c(c(c1C(C(C)=O)=C(C)C6)c23)c54. The maximum atomic E-state index is 13.8. The number of carbonyl (C=O) groups is 2. The second kappa shape index (κ2) is 13.3. The van der Waals surface area contributed by atoms with E-state index >= 15 is 0 Å². The summed E-state index contributed by atoms with van der Waals surface area (Å²) in [5, 5.41) is 37.3. The molecule has 49 heavy (non-hydrogen) atoms. The molecule has 0 aliphatic heterocycles. The normalized spacial score (nSPS) is 12.6. The predicted molar refractivity (Wildman–Crippen MR) is 191 cm³/mol. The molecular weight excluding hydrogens is 632 g/mol. The van der Waals surface area contributed by atoms with Crippen LogP contribution in [0.3, 0.4) is 0 Å². The van der Waals surface area contributed by atoms with Gasteiger partial charge in [-0.3, -0.25) is 19.2 Å². The summed E-state index contributed by atoms with van der Waals surface area (Å²) in [7, 11) is 8.19. The number of phenols is 2. The molecule has 0 aromatic heterocycles. The number of ether oxygens (including phenoxy) is 3. The quantitative estimate of drug-likeness (QED) is 0.0671. The fraction of sp³-hybridized carbons (Fsp3) is 0.351. The average molecular weight is 673 g/mol. The zero-order valence-electron chi connectivity index (χ0n) is 28.8. The highest BCUT2D eigenvalue weighted by Gasteiger charge is 2.35. The molecular formula is C37H40N2O10. The molecule has 5 aromatic carbocycles. The van der Waals surface area contributed by atoms with E-state index in [0.29, 0.717) is 66.8 Å². The summed E-state index contributed by atoms with van der Waals surface area (Å²) < 4.78 is 17.2. The van der Waals surface area contributed by atoms with Crippen LogP contribution in [0.4, 0.5) is 5.69 Å². The Morgan fingerprint density at radius 3 is 1.84 bits per heavy atom. The number of nitrogens with zero attached hydrogens (tertiary/aromatic N) is 1. The van der Waals surface area contributed by atoms with Gasteiger partial charge in [-0.15, -0.1) is 0 Å². The number of ketones is 1. The lowest BCUT2D eigenvalue weighted by molar-refractivity contribution is -0.136. The van der Waals surface area contributed by atoms with E-state index in [9.17, 15) is 29.4 Å². The van der Waals surface area contributed by atoms with E-state index in [1.807, 2.05) is 21.0 Å². The Labute approximate surface area is 281 Å². The molecule has 0 unspecified atom stereocenters. The monoisotopic (exact) mass is 672 g/mol. The Kier molecular flexibility index (Phi) is 9.47. The van der Waals surface area contributed by atoms with Gasteiger partial charge in [0.1, 0.15) is 11.5 Å². The minimum atomic E-state index is -0.745. The summed E-state index contributed by atoms with van der Waals surface area (Å²) in [6.07, 6.45) is 1.21. The number of anilines is 1. The molecule has 0 spiro atoms. The first-order chi connectivity index (χ1) is 23.2. The molecule has 1 aliphatic carbocycles. The maximum Gasteiger partial charge on any atom is 0.303 e. The number of fused-ring (bicyclic) bond motifs is 1. The number of rotatable bonds is 10. The fourth-order valence-corrected chi connectivity index (χ4v) is 7.05. The number of allylic oxidation sites excluding steroid dienone is 2. The van der Waals surface area contributed by atoms with Gasteiger partial charge < -0.3 is 39.7 Å². The Morgan fingerprint density at radius 1 is 0.837 bits per heavy atom. The molecule has 0 saturated carbocycles. The van der Waals surface area contributed by atoms with Crippen molar-refractivity contribution in [2.75, 3.05) is 53.8 Å². The lowest BCUT2D eigenvalue weighted by atomic mass is 9.82. The number of hydrogen-bond acceptors (Lipinski definition) is 11. The van der Waals surface area contributed by atoms with Crippen LogP contribution >= 0.6 is 0 Å². The number of hydrogen-bond donors (Lipinski definition) is 4. The van der Waals surface area contributed by atoms with E-state index in [0.717, 1.165) is 13.0 Å². The van der Waals surface area contributed by atoms with Gasteiger partial charge in [-0.1, -0.05) is 12.5 Å². The van der Waals surface area contributed by atoms with E-state index in [2.05, 4.69) is 10.2 Å². The van der Waals surface area contributed by atoms with E-state index in [1.54, 1.807) is 6.92 Å². The molecule has 12 nitrogen and oxygen atoms in total. The molecule has 1 aliphatic rings. The molecule has 0 saturated heterocycles. The van der Waals surface area contributed by atoms with Crippen molar-refractivity contribution in [3.8, 4) is 28.7 Å². The highest BCUT2D eigenvalue weighted by molar-refractivity contribution is 6.42. The first-order valence-electron chi connectivity index (χ1n) is 15.8. The maximum absolute atomic E-state index is 13.8. The van der Waals surface area contributed by atoms with Crippen molar-refractivity contribution in [2.24, 2.45) is 0 Å². The van der Waals surface area contributed by atoms with Crippen molar-refractivity contribution in [3.05, 3.63) is 49.3 Å². The zero-order valence-corrected chi connectivity index (χ0v) is 28.8. The third-order valence-electron chi connectivity index (χ3n) is 9.02. The molecule has 5 aromatic rings. The van der Waals surface area contributed by atoms with Gasteiger partial charge in [-0.05, 0) is 58.3 Å². The van der Waals surface area contributed by atoms with Crippen LogP contribution in [0.25, 0.3) is 48.7 Å². The van der Waals surface area contributed by atoms with E-state index in [1.165, 1.54) is 40.4 Å². The Bertz CT molecular complexity index is 2310. The van der Waals surface area contributed by atoms with Crippen LogP contribution in [-0.4, -0.2) is 80.5 Å². The van der Waals surface area contributed by atoms with Gasteiger partial charge in [0, 0.05) is 63.2 Å². The van der Waals surface area contributed by atoms with Gasteiger partial charge >= 0.3 is 5.97 Å². The third kappa shape index (κ3) is 5.45. The Balaban J connectivity index is 0.000000874. The number of phenolic OH excluding ortho intramolecular Hbond substituents is 2. The summed E-state index contributed by atoms with van der Waals surface area (Å²) in [6, 6.07) is 2.59. The summed E-state index contributed by atoms with van der Waals surface area (Å²) >= 11 is 0. The molecule has 0 heterocycles. The van der Waals surface area contributed by atoms with Crippen LogP contribution in [0.5, 0.6) is 28.7 Å². The average Bonchev–Trinajstić information content (AvgIpc) is 3.18. The van der Waals surface area contributed by atoms with Crippen molar-refractivity contribution in [1.29, 1.82) is 0 Å². The van der Waals surface area contributed by atoms with Crippen molar-refractivity contribution in [3.63, 3.8) is 0 Å². The number of benzene rings is 5. The summed E-state index contributed by atoms with van der Waals surface area (Å²) in [4.78, 5) is 52.3. The number of aliphatic carboxylic acids is 1. The third-order valence-corrected chi connectivity index (χ3v) is 9.02. The zero-order chi connectivity index (χ0) is 36.1. The van der Waals surface area contributed by atoms with Gasteiger partial charge in [-0.2, -0.15) is 0 Å². The van der Waals surface area contributed by atoms with Crippen molar-refractivity contribution >= 4 is 66.1 Å². The number of carbonyl (C=O) groups excluding carboxylic acids is 1. The topological polar surface area (TPSA) is 172 Å². The van der Waals surface area contributed by atoms with Crippen LogP contribution < -0.4 is 30.4 Å². The highest BCUT2D eigenvalue weighted by atomic mass is 16.5. The van der Waals surface area contributed by atoms with Crippen molar-refractivity contribution < 1.29 is 39.1 Å². The number of aromatic hydroxyl groups is 2. The summed E-state index contributed by atoms with van der Waals surface area (Å²) in [6.45, 7) is 6.16. The van der Waals surface area contributed by atoms with Crippen LogP contribution in [0.2, 0.25) is 0 Å². The van der Waals surface area contributed by atoms with Crippen LogP contribution in [0.15, 0.2) is 27.3 Å². The van der Waals surface area contributed by atoms with Crippen LogP contribution in [0, 0.1) is 0 Å². The van der Waals surface area contributed by atoms with Crippen LogP contribution in [0.1, 0.15) is 44.7 Å². The lowest BCUT2D eigenvalue weighted by Gasteiger charge is -2.24. The smallest absolute Gasteiger partial charge is 0.303 e. The standard InChI is InChI=1S/C34H34N2O8.C3H6O2/c1-14-11-16-22-27-23(32(40)31(16)35-9-8-10-36(3)4)17(38)12-19(42-5)25(27)26-20(43-6)13-18(39)24-29(26)28(22)30(21(14)15(2)37)34(44-7)33(24)41;1-2-3(4)5/h12-13,35,40-41H,8-11H2,1-7H3;2H2,1H3,(H,4,5). The van der Waals surface area contributed by atoms with Gasteiger partial charge in [0.2, 0.25) is 0 Å². The first kappa shape index (κ1) is 35.0. The van der Waals surface area contributed by atoms with Crippen LogP contribution in [-0.2, 0) is 16.0 Å².